The molecule has 1 saturated heterocycles. The maximum Gasteiger partial charge on any atom is 0.126 e. The quantitative estimate of drug-likeness (QED) is 0.857. The van der Waals surface area contributed by atoms with Crippen molar-refractivity contribution in [2.24, 2.45) is 5.92 Å². The zero-order valence-corrected chi connectivity index (χ0v) is 11.3. The van der Waals surface area contributed by atoms with E-state index in [-0.39, 0.29) is 6.04 Å². The zero-order chi connectivity index (χ0) is 13.7. The van der Waals surface area contributed by atoms with Crippen molar-refractivity contribution in [2.75, 3.05) is 19.8 Å². The lowest BCUT2D eigenvalue weighted by Gasteiger charge is -2.21. The number of rotatable bonds is 6. The van der Waals surface area contributed by atoms with Gasteiger partial charge in [-0.3, -0.25) is 0 Å². The molecule has 0 aliphatic carbocycles. The highest BCUT2D eigenvalue weighted by atomic mass is 19.1. The number of hydrogen-bond acceptors (Lipinski definition) is 2. The van der Waals surface area contributed by atoms with Crippen LogP contribution in [0.25, 0.3) is 0 Å². The number of halogens is 2. The van der Waals surface area contributed by atoms with Crippen LogP contribution in [-0.2, 0) is 11.2 Å². The first-order chi connectivity index (χ1) is 9.17. The largest absolute Gasteiger partial charge is 0.381 e. The molecule has 106 valence electrons. The topological polar surface area (TPSA) is 21.3 Å². The van der Waals surface area contributed by atoms with E-state index in [0.717, 1.165) is 38.7 Å². The molecule has 1 N–H and O–H groups in total. The van der Waals surface area contributed by atoms with Crippen LogP contribution in [-0.4, -0.2) is 25.8 Å². The Morgan fingerprint density at radius 3 is 2.63 bits per heavy atom. The molecule has 0 spiro atoms. The average molecular weight is 269 g/mol. The van der Waals surface area contributed by atoms with Gasteiger partial charge in [0.2, 0.25) is 0 Å². The smallest absolute Gasteiger partial charge is 0.126 e. The summed E-state index contributed by atoms with van der Waals surface area (Å²) in [6.07, 6.45) is 2.73. The summed E-state index contributed by atoms with van der Waals surface area (Å²) in [5.41, 5.74) is 0.711. The van der Waals surface area contributed by atoms with Crippen molar-refractivity contribution in [3.63, 3.8) is 0 Å². The summed E-state index contributed by atoms with van der Waals surface area (Å²) in [5.74, 6) is -0.452. The summed E-state index contributed by atoms with van der Waals surface area (Å²) in [5, 5.41) is 3.40. The average Bonchev–Trinajstić information content (AvgIpc) is 2.80. The van der Waals surface area contributed by atoms with Gasteiger partial charge in [0.1, 0.15) is 11.6 Å². The van der Waals surface area contributed by atoms with Gasteiger partial charge in [-0.25, -0.2) is 8.78 Å². The molecule has 2 atom stereocenters. The highest BCUT2D eigenvalue weighted by Gasteiger charge is 2.20. The lowest BCUT2D eigenvalue weighted by atomic mass is 9.94. The molecule has 1 aliphatic heterocycles. The van der Waals surface area contributed by atoms with Crippen LogP contribution in [0, 0.1) is 17.6 Å². The van der Waals surface area contributed by atoms with E-state index in [1.807, 2.05) is 6.92 Å². The molecule has 0 radical (unpaired) electrons. The van der Waals surface area contributed by atoms with E-state index in [9.17, 15) is 8.78 Å². The molecule has 0 saturated carbocycles. The summed E-state index contributed by atoms with van der Waals surface area (Å²) in [6.45, 7) is 4.54. The predicted octanol–water partition coefficient (Wildman–Crippen LogP) is 2.91. The van der Waals surface area contributed by atoms with Crippen LogP contribution < -0.4 is 5.32 Å². The van der Waals surface area contributed by atoms with Gasteiger partial charge in [0.15, 0.2) is 0 Å². The Balaban J connectivity index is 1.98. The molecule has 0 bridgehead atoms. The molecular weight excluding hydrogens is 248 g/mol. The minimum Gasteiger partial charge on any atom is -0.381 e. The number of benzene rings is 1. The third-order valence-corrected chi connectivity index (χ3v) is 3.54. The molecule has 0 aromatic heterocycles. The summed E-state index contributed by atoms with van der Waals surface area (Å²) < 4.78 is 31.8. The third-order valence-electron chi connectivity index (χ3n) is 3.54. The molecule has 1 fully saturated rings. The van der Waals surface area contributed by atoms with Crippen molar-refractivity contribution in [3.05, 3.63) is 35.4 Å². The van der Waals surface area contributed by atoms with Gasteiger partial charge in [-0.05, 0) is 49.4 Å². The van der Waals surface area contributed by atoms with Gasteiger partial charge in [0, 0.05) is 25.3 Å². The number of ether oxygens (including phenoxy) is 1. The maximum atomic E-state index is 13.2. The van der Waals surface area contributed by atoms with Crippen LogP contribution in [0.3, 0.4) is 0 Å². The van der Waals surface area contributed by atoms with E-state index in [1.165, 1.54) is 12.1 Å². The van der Waals surface area contributed by atoms with Crippen LogP contribution in [0.4, 0.5) is 8.78 Å². The highest BCUT2D eigenvalue weighted by molar-refractivity contribution is 5.19. The summed E-state index contributed by atoms with van der Waals surface area (Å²) in [6, 6.07) is 3.99. The molecule has 1 aliphatic rings. The molecule has 1 aromatic rings. The minimum atomic E-state index is -0.505. The van der Waals surface area contributed by atoms with Crippen molar-refractivity contribution in [3.8, 4) is 0 Å². The van der Waals surface area contributed by atoms with Gasteiger partial charge in [0.25, 0.3) is 0 Å². The molecule has 2 rings (SSSR count). The Hall–Kier alpha value is -1.00. The second kappa shape index (κ2) is 6.96. The maximum absolute atomic E-state index is 13.2. The first-order valence-corrected chi connectivity index (χ1v) is 6.93. The van der Waals surface area contributed by atoms with Crippen molar-refractivity contribution in [2.45, 2.75) is 32.2 Å². The van der Waals surface area contributed by atoms with Gasteiger partial charge < -0.3 is 10.1 Å². The molecule has 2 nitrogen and oxygen atoms in total. The first kappa shape index (κ1) is 14.4. The zero-order valence-electron chi connectivity index (χ0n) is 11.3. The van der Waals surface area contributed by atoms with Crippen LogP contribution in [0.2, 0.25) is 0 Å². The Morgan fingerprint density at radius 2 is 2.05 bits per heavy atom. The second-order valence-electron chi connectivity index (χ2n) is 5.20. The fraction of sp³-hybridized carbons (Fsp3) is 0.600. The molecule has 1 heterocycles. The normalized spacial score (nSPS) is 20.7. The Bertz CT molecular complexity index is 385. The second-order valence-corrected chi connectivity index (χ2v) is 5.20. The van der Waals surface area contributed by atoms with Crippen LogP contribution >= 0.6 is 0 Å². The van der Waals surface area contributed by atoms with Gasteiger partial charge >= 0.3 is 0 Å². The van der Waals surface area contributed by atoms with E-state index in [0.29, 0.717) is 17.9 Å². The number of nitrogens with one attached hydrogen (secondary N) is 1. The van der Waals surface area contributed by atoms with Crippen molar-refractivity contribution < 1.29 is 13.5 Å². The van der Waals surface area contributed by atoms with Gasteiger partial charge in [-0.15, -0.1) is 0 Å². The van der Waals surface area contributed by atoms with E-state index < -0.39 is 11.6 Å². The first-order valence-electron chi connectivity index (χ1n) is 6.93. The predicted molar refractivity (Wildman–Crippen MR) is 71.1 cm³/mol. The highest BCUT2D eigenvalue weighted by Crippen LogP contribution is 2.20. The molecule has 0 amide bonds. The van der Waals surface area contributed by atoms with Crippen LogP contribution in [0.5, 0.6) is 0 Å². The Morgan fingerprint density at radius 1 is 1.32 bits per heavy atom. The monoisotopic (exact) mass is 269 g/mol. The molecule has 2 unspecified atom stereocenters. The van der Waals surface area contributed by atoms with Crippen LogP contribution in [0.1, 0.15) is 25.3 Å². The summed E-state index contributed by atoms with van der Waals surface area (Å²) in [4.78, 5) is 0. The molecule has 19 heavy (non-hydrogen) atoms. The SMILES string of the molecule is CCNC(Cc1cc(F)cc(F)c1)CC1CCOC1. The van der Waals surface area contributed by atoms with Crippen molar-refractivity contribution >= 4 is 0 Å². The molecule has 4 heteroatoms. The lowest BCUT2D eigenvalue weighted by molar-refractivity contribution is 0.181. The lowest BCUT2D eigenvalue weighted by Crippen LogP contribution is -2.33. The Labute approximate surface area is 113 Å². The summed E-state index contributed by atoms with van der Waals surface area (Å²) in [7, 11) is 0. The number of likely N-dealkylation sites (N-methyl/N-ethyl adjacent to an activating group) is 1. The molecular formula is C15H21F2NO. The number of hydrogen-bond donors (Lipinski definition) is 1. The van der Waals surface area contributed by atoms with E-state index in [2.05, 4.69) is 5.32 Å². The van der Waals surface area contributed by atoms with E-state index >= 15 is 0 Å². The Kier molecular flexibility index (Phi) is 5.28. The fourth-order valence-corrected chi connectivity index (χ4v) is 2.71. The fourth-order valence-electron chi connectivity index (χ4n) is 2.71. The van der Waals surface area contributed by atoms with Crippen molar-refractivity contribution in [1.82, 2.24) is 5.32 Å². The summed E-state index contributed by atoms with van der Waals surface area (Å²) >= 11 is 0. The van der Waals surface area contributed by atoms with E-state index in [4.69, 9.17) is 4.74 Å². The van der Waals surface area contributed by atoms with Gasteiger partial charge in [-0.1, -0.05) is 6.92 Å². The standard InChI is InChI=1S/C15H21F2NO/c1-2-18-15(7-11-3-4-19-10-11)8-12-5-13(16)9-14(17)6-12/h5-6,9,11,15,18H,2-4,7-8,10H2,1H3. The van der Waals surface area contributed by atoms with Gasteiger partial charge in [0.05, 0.1) is 0 Å². The minimum absolute atomic E-state index is 0.248. The third kappa shape index (κ3) is 4.55. The van der Waals surface area contributed by atoms with Gasteiger partial charge in [-0.2, -0.15) is 0 Å². The van der Waals surface area contributed by atoms with Crippen LogP contribution in [0.15, 0.2) is 18.2 Å². The van der Waals surface area contributed by atoms with E-state index in [1.54, 1.807) is 0 Å². The van der Waals surface area contributed by atoms with Crippen molar-refractivity contribution in [1.29, 1.82) is 0 Å². The molecule has 1 aromatic carbocycles.